The average Bonchev–Trinajstić information content (AvgIpc) is 2.58. The predicted octanol–water partition coefficient (Wildman–Crippen LogP) is 0.628. The molecule has 1 aromatic rings. The Labute approximate surface area is 87.5 Å². The lowest BCUT2D eigenvalue weighted by molar-refractivity contribution is -0.0302. The van der Waals surface area contributed by atoms with Crippen LogP contribution in [0.5, 0.6) is 0 Å². The fourth-order valence-corrected chi connectivity index (χ4v) is 1.60. The van der Waals surface area contributed by atoms with Crippen LogP contribution in [-0.2, 0) is 0 Å². The average molecular weight is 210 g/mol. The van der Waals surface area contributed by atoms with Gasteiger partial charge in [-0.15, -0.1) is 0 Å². The molecular formula is C10H14N2O3. The van der Waals surface area contributed by atoms with Crippen molar-refractivity contribution in [2.24, 2.45) is 0 Å². The summed E-state index contributed by atoms with van der Waals surface area (Å²) in [6.45, 7) is 2.04. The van der Waals surface area contributed by atoms with Gasteiger partial charge in [0, 0.05) is 12.1 Å². The zero-order valence-electron chi connectivity index (χ0n) is 8.62. The first kappa shape index (κ1) is 10.2. The van der Waals surface area contributed by atoms with E-state index in [1.54, 1.807) is 6.92 Å². The number of aryl methyl sites for hydroxylation is 1. The molecule has 0 bridgehead atoms. The van der Waals surface area contributed by atoms with E-state index in [0.717, 1.165) is 19.3 Å². The van der Waals surface area contributed by atoms with E-state index in [0.29, 0.717) is 5.56 Å². The van der Waals surface area contributed by atoms with Crippen molar-refractivity contribution in [3.05, 3.63) is 17.5 Å². The van der Waals surface area contributed by atoms with Gasteiger partial charge in [0.25, 0.3) is 5.91 Å². The van der Waals surface area contributed by atoms with E-state index in [1.807, 2.05) is 0 Å². The number of nitrogens with zero attached hydrogens (tertiary/aromatic N) is 1. The minimum atomic E-state index is -0.705. The topological polar surface area (TPSA) is 75.4 Å². The van der Waals surface area contributed by atoms with Gasteiger partial charge in [0.1, 0.15) is 0 Å². The van der Waals surface area contributed by atoms with E-state index in [-0.39, 0.29) is 18.2 Å². The first-order chi connectivity index (χ1) is 7.11. The summed E-state index contributed by atoms with van der Waals surface area (Å²) in [6, 6.07) is 0. The number of hydrogen-bond donors (Lipinski definition) is 2. The second-order valence-electron chi connectivity index (χ2n) is 4.10. The molecule has 0 radical (unpaired) electrons. The van der Waals surface area contributed by atoms with Crippen molar-refractivity contribution in [3.8, 4) is 0 Å². The third-order valence-corrected chi connectivity index (χ3v) is 2.82. The van der Waals surface area contributed by atoms with E-state index in [1.165, 1.54) is 6.20 Å². The Morgan fingerprint density at radius 1 is 1.73 bits per heavy atom. The normalized spacial score (nSPS) is 18.3. The van der Waals surface area contributed by atoms with E-state index >= 15 is 0 Å². The summed E-state index contributed by atoms with van der Waals surface area (Å²) >= 11 is 0. The second-order valence-corrected chi connectivity index (χ2v) is 4.10. The smallest absolute Gasteiger partial charge is 0.290 e. The largest absolute Gasteiger partial charge is 0.388 e. The van der Waals surface area contributed by atoms with E-state index in [2.05, 4.69) is 10.5 Å². The highest BCUT2D eigenvalue weighted by molar-refractivity contribution is 5.92. The first-order valence-corrected chi connectivity index (χ1v) is 5.03. The van der Waals surface area contributed by atoms with Gasteiger partial charge in [-0.1, -0.05) is 5.16 Å². The molecule has 0 aromatic carbocycles. The van der Waals surface area contributed by atoms with E-state index in [9.17, 15) is 9.90 Å². The molecule has 5 nitrogen and oxygen atoms in total. The molecule has 0 spiro atoms. The van der Waals surface area contributed by atoms with Crippen LogP contribution >= 0.6 is 0 Å². The number of rotatable bonds is 3. The fourth-order valence-electron chi connectivity index (χ4n) is 1.60. The molecule has 15 heavy (non-hydrogen) atoms. The summed E-state index contributed by atoms with van der Waals surface area (Å²) in [5.74, 6) is -0.0942. The molecule has 1 amide bonds. The highest BCUT2D eigenvalue weighted by Crippen LogP contribution is 2.30. The minimum Gasteiger partial charge on any atom is -0.388 e. The monoisotopic (exact) mass is 210 g/mol. The molecule has 5 heteroatoms. The molecule has 1 saturated carbocycles. The summed E-state index contributed by atoms with van der Waals surface area (Å²) in [6.07, 6.45) is 4.02. The van der Waals surface area contributed by atoms with Gasteiger partial charge in [-0.05, 0) is 26.2 Å². The summed E-state index contributed by atoms with van der Waals surface area (Å²) < 4.78 is 4.80. The van der Waals surface area contributed by atoms with Crippen LogP contribution in [0.25, 0.3) is 0 Å². The minimum absolute atomic E-state index is 0.220. The number of hydrogen-bond acceptors (Lipinski definition) is 4. The van der Waals surface area contributed by atoms with Crippen molar-refractivity contribution in [1.29, 1.82) is 0 Å². The van der Waals surface area contributed by atoms with Crippen LogP contribution in [0.3, 0.4) is 0 Å². The van der Waals surface area contributed by atoms with Crippen molar-refractivity contribution in [3.63, 3.8) is 0 Å². The molecule has 82 valence electrons. The summed E-state index contributed by atoms with van der Waals surface area (Å²) in [4.78, 5) is 11.6. The predicted molar refractivity (Wildman–Crippen MR) is 52.4 cm³/mol. The zero-order valence-corrected chi connectivity index (χ0v) is 8.62. The van der Waals surface area contributed by atoms with Gasteiger partial charge in [0.2, 0.25) is 5.76 Å². The molecule has 0 saturated heterocycles. The lowest BCUT2D eigenvalue weighted by Crippen LogP contribution is -2.47. The maximum absolute atomic E-state index is 11.6. The molecule has 0 atom stereocenters. The standard InChI is InChI=1S/C10H14N2O3/c1-7-5-12-15-8(7)9(13)11-6-10(14)3-2-4-10/h5,14H,2-4,6H2,1H3,(H,11,13). The van der Waals surface area contributed by atoms with E-state index in [4.69, 9.17) is 4.52 Å². The zero-order chi connectivity index (χ0) is 10.9. The summed E-state index contributed by atoms with van der Waals surface area (Å²) in [5, 5.41) is 15.9. The highest BCUT2D eigenvalue weighted by Gasteiger charge is 2.34. The Balaban J connectivity index is 1.90. The van der Waals surface area contributed by atoms with Crippen LogP contribution in [0.2, 0.25) is 0 Å². The number of nitrogens with one attached hydrogen (secondary N) is 1. The van der Waals surface area contributed by atoms with Crippen molar-refractivity contribution in [2.75, 3.05) is 6.54 Å². The maximum atomic E-state index is 11.6. The Morgan fingerprint density at radius 2 is 2.47 bits per heavy atom. The van der Waals surface area contributed by atoms with Crippen LogP contribution in [0.1, 0.15) is 35.4 Å². The third-order valence-electron chi connectivity index (χ3n) is 2.82. The highest BCUT2D eigenvalue weighted by atomic mass is 16.5. The Kier molecular flexibility index (Phi) is 2.48. The van der Waals surface area contributed by atoms with Gasteiger partial charge in [-0.25, -0.2) is 0 Å². The molecule has 0 unspecified atom stereocenters. The first-order valence-electron chi connectivity index (χ1n) is 5.03. The number of aromatic nitrogens is 1. The second kappa shape index (κ2) is 3.66. The fraction of sp³-hybridized carbons (Fsp3) is 0.600. The van der Waals surface area contributed by atoms with Gasteiger partial charge in [-0.2, -0.15) is 0 Å². The molecule has 1 aliphatic carbocycles. The molecule has 2 N–H and O–H groups in total. The molecule has 1 fully saturated rings. The molecule has 1 aliphatic rings. The number of carbonyl (C=O) groups is 1. The van der Waals surface area contributed by atoms with E-state index < -0.39 is 5.60 Å². The van der Waals surface area contributed by atoms with Crippen molar-refractivity contribution in [2.45, 2.75) is 31.8 Å². The number of carbonyl (C=O) groups excluding carboxylic acids is 1. The van der Waals surface area contributed by atoms with Crippen LogP contribution in [0, 0.1) is 6.92 Å². The van der Waals surface area contributed by atoms with Crippen LogP contribution < -0.4 is 5.32 Å². The van der Waals surface area contributed by atoms with Gasteiger partial charge in [0.15, 0.2) is 0 Å². The quantitative estimate of drug-likeness (QED) is 0.767. The number of aliphatic hydroxyl groups is 1. The molecular weight excluding hydrogens is 196 g/mol. The van der Waals surface area contributed by atoms with Gasteiger partial charge < -0.3 is 14.9 Å². The van der Waals surface area contributed by atoms with Gasteiger partial charge >= 0.3 is 0 Å². The molecule has 1 heterocycles. The van der Waals surface area contributed by atoms with Crippen molar-refractivity contribution >= 4 is 5.91 Å². The van der Waals surface area contributed by atoms with Crippen LogP contribution in [0.15, 0.2) is 10.7 Å². The molecule has 1 aromatic heterocycles. The van der Waals surface area contributed by atoms with Crippen LogP contribution in [-0.4, -0.2) is 28.3 Å². The Bertz CT molecular complexity index is 368. The summed E-state index contributed by atoms with van der Waals surface area (Å²) in [5.41, 5.74) is -0.00283. The van der Waals surface area contributed by atoms with Gasteiger partial charge in [-0.3, -0.25) is 4.79 Å². The van der Waals surface area contributed by atoms with Crippen molar-refractivity contribution in [1.82, 2.24) is 10.5 Å². The molecule has 0 aliphatic heterocycles. The number of amides is 1. The molecule has 2 rings (SSSR count). The summed E-state index contributed by atoms with van der Waals surface area (Å²) in [7, 11) is 0. The van der Waals surface area contributed by atoms with Gasteiger partial charge in [0.05, 0.1) is 11.8 Å². The third kappa shape index (κ3) is 2.02. The lowest BCUT2D eigenvalue weighted by atomic mass is 9.80. The SMILES string of the molecule is Cc1cnoc1C(=O)NCC1(O)CCC1. The van der Waals surface area contributed by atoms with Crippen LogP contribution in [0.4, 0.5) is 0 Å². The Hall–Kier alpha value is -1.36. The Morgan fingerprint density at radius 3 is 2.93 bits per heavy atom. The maximum Gasteiger partial charge on any atom is 0.290 e. The lowest BCUT2D eigenvalue weighted by Gasteiger charge is -2.36. The van der Waals surface area contributed by atoms with Crippen molar-refractivity contribution < 1.29 is 14.4 Å².